The van der Waals surface area contributed by atoms with E-state index in [-0.39, 0.29) is 12.2 Å². The largest absolute Gasteiger partial charge is 0.489 e. The third-order valence-corrected chi connectivity index (χ3v) is 9.71. The second-order valence-electron chi connectivity index (χ2n) is 13.0. The van der Waals surface area contributed by atoms with Crippen molar-refractivity contribution in [2.45, 2.75) is 65.3 Å². The molecule has 256 valence electrons. The first-order chi connectivity index (χ1) is 23.4. The molecule has 0 aliphatic carbocycles. The predicted molar refractivity (Wildman–Crippen MR) is 190 cm³/mol. The topological polar surface area (TPSA) is 105 Å². The minimum Gasteiger partial charge on any atom is -0.489 e. The number of hydrogen-bond acceptors (Lipinski definition) is 9. The molecule has 49 heavy (non-hydrogen) atoms. The van der Waals surface area contributed by atoms with E-state index in [0.717, 1.165) is 32.9 Å². The number of rotatable bonds is 8. The number of nitrogens with zero attached hydrogens (tertiary/aromatic N) is 4. The molecule has 4 heterocycles. The van der Waals surface area contributed by atoms with Gasteiger partial charge in [0.1, 0.15) is 40.6 Å². The molecule has 0 bridgehead atoms. The lowest BCUT2D eigenvalue weighted by Crippen LogP contribution is -2.44. The molecule has 5 aromatic rings. The van der Waals surface area contributed by atoms with Crippen molar-refractivity contribution in [1.82, 2.24) is 19.4 Å². The molecule has 0 N–H and O–H groups in total. The van der Waals surface area contributed by atoms with Gasteiger partial charge in [0.2, 0.25) is 0 Å². The third-order valence-electron chi connectivity index (χ3n) is 8.21. The van der Waals surface area contributed by atoms with Gasteiger partial charge in [0, 0.05) is 55.0 Å². The number of amides is 1. The Morgan fingerprint density at radius 2 is 1.76 bits per heavy atom. The van der Waals surface area contributed by atoms with Crippen LogP contribution in [0.25, 0.3) is 27.2 Å². The molecule has 1 amide bonds. The molecule has 0 unspecified atom stereocenters. The summed E-state index contributed by atoms with van der Waals surface area (Å²) in [5, 5.41) is 1.18. The van der Waals surface area contributed by atoms with Gasteiger partial charge in [-0.25, -0.2) is 14.6 Å². The van der Waals surface area contributed by atoms with Gasteiger partial charge in [0.15, 0.2) is 4.88 Å². The van der Waals surface area contributed by atoms with Gasteiger partial charge in [-0.2, -0.15) is 0 Å². The van der Waals surface area contributed by atoms with Crippen molar-refractivity contribution >= 4 is 46.0 Å². The monoisotopic (exact) mass is 702 g/mol. The minimum absolute atomic E-state index is 0.109. The summed E-state index contributed by atoms with van der Waals surface area (Å²) < 4.78 is 25.3. The van der Waals surface area contributed by atoms with Crippen molar-refractivity contribution in [3.8, 4) is 27.6 Å². The van der Waals surface area contributed by atoms with E-state index in [1.807, 2.05) is 100.0 Å². The van der Waals surface area contributed by atoms with Crippen LogP contribution in [0.2, 0.25) is 5.02 Å². The van der Waals surface area contributed by atoms with Crippen LogP contribution in [0, 0.1) is 6.92 Å². The lowest BCUT2D eigenvalue weighted by atomic mass is 10.1. The number of halogens is 1. The van der Waals surface area contributed by atoms with Crippen molar-refractivity contribution < 1.29 is 28.5 Å². The fourth-order valence-corrected chi connectivity index (χ4v) is 6.98. The van der Waals surface area contributed by atoms with E-state index in [1.54, 1.807) is 11.2 Å². The van der Waals surface area contributed by atoms with Gasteiger partial charge in [0.05, 0.1) is 23.2 Å². The molecule has 1 saturated heterocycles. The number of thiophene rings is 1. The number of carbonyl (C=O) groups excluding carboxylic acids is 2. The van der Waals surface area contributed by atoms with E-state index < -0.39 is 17.7 Å². The smallest absolute Gasteiger partial charge is 0.410 e. The zero-order chi connectivity index (χ0) is 34.9. The SMILES string of the molecule is COC(=O)c1sc(-n2cnc3cc(-c4ccc(C)nc4)ccc32)cc1O[C@H](C)c1cccc(OC2CCN(C(=O)OC(C)(C)C)CC2)c1Cl. The van der Waals surface area contributed by atoms with E-state index >= 15 is 0 Å². The van der Waals surface area contributed by atoms with Crippen molar-refractivity contribution in [2.24, 2.45) is 0 Å². The Morgan fingerprint density at radius 3 is 2.45 bits per heavy atom. The summed E-state index contributed by atoms with van der Waals surface area (Å²) in [7, 11) is 1.35. The number of esters is 1. The maximum absolute atomic E-state index is 12.9. The van der Waals surface area contributed by atoms with E-state index in [2.05, 4.69) is 9.97 Å². The number of piperidine rings is 1. The highest BCUT2D eigenvalue weighted by atomic mass is 35.5. The number of benzene rings is 2. The lowest BCUT2D eigenvalue weighted by molar-refractivity contribution is 0.0126. The van der Waals surface area contributed by atoms with Crippen molar-refractivity contribution in [2.75, 3.05) is 20.2 Å². The number of likely N-dealkylation sites (tertiary alicyclic amines) is 1. The van der Waals surface area contributed by atoms with Crippen LogP contribution in [0.5, 0.6) is 11.5 Å². The summed E-state index contributed by atoms with van der Waals surface area (Å²) in [6, 6.07) is 17.5. The lowest BCUT2D eigenvalue weighted by Gasteiger charge is -2.33. The molecule has 3 aromatic heterocycles. The quantitative estimate of drug-likeness (QED) is 0.148. The van der Waals surface area contributed by atoms with Crippen molar-refractivity contribution in [1.29, 1.82) is 0 Å². The van der Waals surface area contributed by atoms with Crippen LogP contribution < -0.4 is 9.47 Å². The second kappa shape index (κ2) is 14.1. The minimum atomic E-state index is -0.544. The number of fused-ring (bicyclic) bond motifs is 1. The van der Waals surface area contributed by atoms with Crippen LogP contribution in [0.4, 0.5) is 4.79 Å². The van der Waals surface area contributed by atoms with E-state index in [0.29, 0.717) is 52.9 Å². The Balaban J connectivity index is 1.18. The molecule has 1 fully saturated rings. The Morgan fingerprint density at radius 1 is 1.00 bits per heavy atom. The van der Waals surface area contributed by atoms with E-state index in [9.17, 15) is 9.59 Å². The number of aromatic nitrogens is 3. The standard InChI is InChI=1S/C37H39ClN4O6S/c1-22-10-11-25(20-39-22)24-12-13-29-28(18-24)40-21-42(29)32-19-31(34(49-32)35(43)45-6)46-23(2)27-8-7-9-30(33(27)38)47-26-14-16-41(17-15-26)36(44)48-37(3,4)5/h7-13,18-21,23,26H,14-17H2,1-6H3/t23-/m1/s1. The van der Waals surface area contributed by atoms with Gasteiger partial charge < -0.3 is 23.8 Å². The maximum Gasteiger partial charge on any atom is 0.410 e. The van der Waals surface area contributed by atoms with Crippen molar-refractivity contribution in [3.63, 3.8) is 0 Å². The van der Waals surface area contributed by atoms with Gasteiger partial charge >= 0.3 is 12.1 Å². The van der Waals surface area contributed by atoms with Gasteiger partial charge in [-0.3, -0.25) is 9.55 Å². The highest BCUT2D eigenvalue weighted by Gasteiger charge is 2.29. The predicted octanol–water partition coefficient (Wildman–Crippen LogP) is 8.82. The molecule has 6 rings (SSSR count). The molecule has 0 saturated carbocycles. The average Bonchev–Trinajstić information content (AvgIpc) is 3.69. The van der Waals surface area contributed by atoms with Gasteiger partial charge in [-0.05, 0) is 64.4 Å². The molecule has 12 heteroatoms. The number of methoxy groups -OCH3 is 1. The third kappa shape index (κ3) is 7.68. The molecule has 1 aliphatic rings. The van der Waals surface area contributed by atoms with E-state index in [1.165, 1.54) is 18.4 Å². The van der Waals surface area contributed by atoms with Gasteiger partial charge in [-0.1, -0.05) is 35.9 Å². The first-order valence-corrected chi connectivity index (χ1v) is 17.3. The number of carbonyl (C=O) groups is 2. The first-order valence-electron chi connectivity index (χ1n) is 16.1. The van der Waals surface area contributed by atoms with Crippen LogP contribution in [0.15, 0.2) is 67.1 Å². The normalized spacial score (nSPS) is 14.5. The Kier molecular flexibility index (Phi) is 9.85. The summed E-state index contributed by atoms with van der Waals surface area (Å²) in [6.07, 6.45) is 3.94. The fraction of sp³-hybridized carbons (Fsp3) is 0.351. The molecule has 0 radical (unpaired) electrons. The summed E-state index contributed by atoms with van der Waals surface area (Å²) in [4.78, 5) is 36.5. The van der Waals surface area contributed by atoms with Crippen LogP contribution in [0.3, 0.4) is 0 Å². The molecule has 2 aromatic carbocycles. The van der Waals surface area contributed by atoms with Crippen LogP contribution in [-0.2, 0) is 9.47 Å². The summed E-state index contributed by atoms with van der Waals surface area (Å²) in [5.41, 5.74) is 4.83. The number of aryl methyl sites for hydroxylation is 1. The molecule has 1 atom stereocenters. The zero-order valence-electron chi connectivity index (χ0n) is 28.4. The maximum atomic E-state index is 12.9. The molecule has 10 nitrogen and oxygen atoms in total. The molecular weight excluding hydrogens is 664 g/mol. The van der Waals surface area contributed by atoms with Crippen LogP contribution >= 0.6 is 22.9 Å². The molecular formula is C37H39ClN4O6S. The first kappa shape index (κ1) is 34.3. The summed E-state index contributed by atoms with van der Waals surface area (Å²) >= 11 is 8.15. The van der Waals surface area contributed by atoms with Crippen LogP contribution in [0.1, 0.15) is 67.6 Å². The van der Waals surface area contributed by atoms with Gasteiger partial charge in [0.25, 0.3) is 0 Å². The Hall–Kier alpha value is -4.61. The highest BCUT2D eigenvalue weighted by Crippen LogP contribution is 2.40. The molecule has 0 spiro atoms. The zero-order valence-corrected chi connectivity index (χ0v) is 29.9. The molecule has 1 aliphatic heterocycles. The van der Waals surface area contributed by atoms with E-state index in [4.69, 9.17) is 30.5 Å². The van der Waals surface area contributed by atoms with Crippen molar-refractivity contribution in [3.05, 3.63) is 88.3 Å². The fourth-order valence-electron chi connectivity index (χ4n) is 5.66. The van der Waals surface area contributed by atoms with Gasteiger partial charge in [-0.15, -0.1) is 11.3 Å². The summed E-state index contributed by atoms with van der Waals surface area (Å²) in [6.45, 7) is 10.5. The number of pyridine rings is 1. The number of imidazole rings is 1. The summed E-state index contributed by atoms with van der Waals surface area (Å²) in [5.74, 6) is 0.411. The number of hydrogen-bond donors (Lipinski definition) is 0. The average molecular weight is 703 g/mol. The van der Waals surface area contributed by atoms with Crippen LogP contribution in [-0.4, -0.2) is 63.4 Å². The second-order valence-corrected chi connectivity index (χ2v) is 14.4. The Bertz CT molecular complexity index is 1980. The Labute approximate surface area is 294 Å². The highest BCUT2D eigenvalue weighted by molar-refractivity contribution is 7.16. The number of ether oxygens (including phenoxy) is 4.